The first kappa shape index (κ1) is 41.3. The van der Waals surface area contributed by atoms with Crippen LogP contribution in [0.2, 0.25) is 0 Å². The van der Waals surface area contributed by atoms with Crippen LogP contribution in [0.1, 0.15) is 30.5 Å². The SMILES string of the molecule is Cc1cccc2c1-c1ccc(N(c3ccc(-c4ccccc4)cc3)c3cc(N(c4ccccc4)c4ccccc4)cc(N(c4ccccc4)c4ccc(-c5ccccc5)cc4)c3)cc1C2(C)C. The van der Waals surface area contributed by atoms with Crippen molar-refractivity contribution < 1.29 is 0 Å². The smallest absolute Gasteiger partial charge is 0.0503 e. The molecule has 0 aromatic heterocycles. The predicted molar refractivity (Wildman–Crippen MR) is 284 cm³/mol. The quantitative estimate of drug-likeness (QED) is 0.128. The minimum atomic E-state index is -0.185. The van der Waals surface area contributed by atoms with Gasteiger partial charge < -0.3 is 14.7 Å². The fourth-order valence-electron chi connectivity index (χ4n) is 10.0. The summed E-state index contributed by atoms with van der Waals surface area (Å²) < 4.78 is 0. The molecular weight excluding hydrogens is 811 g/mol. The lowest BCUT2D eigenvalue weighted by Crippen LogP contribution is -2.18. The van der Waals surface area contributed by atoms with E-state index in [4.69, 9.17) is 0 Å². The summed E-state index contributed by atoms with van der Waals surface area (Å²) in [6.07, 6.45) is 0. The number of para-hydroxylation sites is 3. The van der Waals surface area contributed by atoms with Crippen LogP contribution in [0.4, 0.5) is 51.2 Å². The Kier molecular flexibility index (Phi) is 10.8. The maximum Gasteiger partial charge on any atom is 0.0503 e. The molecule has 0 atom stereocenters. The van der Waals surface area contributed by atoms with E-state index >= 15 is 0 Å². The number of benzene rings is 10. The predicted octanol–water partition coefficient (Wildman–Crippen LogP) is 18.0. The van der Waals surface area contributed by atoms with Gasteiger partial charge in [-0.25, -0.2) is 0 Å². The molecule has 1 aliphatic carbocycles. The van der Waals surface area contributed by atoms with Gasteiger partial charge in [0.1, 0.15) is 0 Å². The van der Waals surface area contributed by atoms with E-state index in [1.54, 1.807) is 0 Å². The lowest BCUT2D eigenvalue weighted by molar-refractivity contribution is 0.660. The fourth-order valence-corrected chi connectivity index (χ4v) is 10.0. The van der Waals surface area contributed by atoms with Gasteiger partial charge in [0.25, 0.3) is 0 Å². The fraction of sp³-hybridized carbons (Fsp3) is 0.0625. The van der Waals surface area contributed by atoms with Gasteiger partial charge in [-0.15, -0.1) is 0 Å². The largest absolute Gasteiger partial charge is 0.310 e. The van der Waals surface area contributed by atoms with Crippen LogP contribution in [0.25, 0.3) is 33.4 Å². The monoisotopic (exact) mass is 861 g/mol. The number of aryl methyl sites for hydroxylation is 1. The highest BCUT2D eigenvalue weighted by Crippen LogP contribution is 2.53. The highest BCUT2D eigenvalue weighted by molar-refractivity contribution is 5.92. The number of hydrogen-bond donors (Lipinski definition) is 0. The Morgan fingerprint density at radius 2 is 0.612 bits per heavy atom. The van der Waals surface area contributed by atoms with E-state index in [9.17, 15) is 0 Å². The lowest BCUT2D eigenvalue weighted by atomic mass is 9.82. The molecule has 0 heterocycles. The number of hydrogen-bond acceptors (Lipinski definition) is 3. The molecule has 3 heteroatoms. The molecule has 0 aliphatic heterocycles. The first-order valence-corrected chi connectivity index (χ1v) is 23.2. The third-order valence-corrected chi connectivity index (χ3v) is 13.3. The zero-order chi connectivity index (χ0) is 45.3. The molecule has 0 unspecified atom stereocenters. The van der Waals surface area contributed by atoms with Crippen LogP contribution in [-0.4, -0.2) is 0 Å². The standard InChI is InChI=1S/C64H51N3/c1-46-20-19-31-61-63(46)60-41-40-56(45-62(60)64(61,2)3)67(55-38-34-50(35-39-55)48-23-11-5-12-24-48)59-43-57(65(51-25-13-6-14-26-51)52-27-15-7-16-28-52)42-58(44-59)66(53-29-17-8-18-30-53)54-36-32-49(33-37-54)47-21-9-4-10-22-47/h4-45H,1-3H3. The van der Waals surface area contributed by atoms with Crippen LogP contribution < -0.4 is 14.7 Å². The van der Waals surface area contributed by atoms with Crippen LogP contribution >= 0.6 is 0 Å². The third-order valence-electron chi connectivity index (χ3n) is 13.3. The second-order valence-corrected chi connectivity index (χ2v) is 17.9. The minimum Gasteiger partial charge on any atom is -0.310 e. The van der Waals surface area contributed by atoms with Gasteiger partial charge >= 0.3 is 0 Å². The van der Waals surface area contributed by atoms with Gasteiger partial charge in [0.05, 0.1) is 17.1 Å². The van der Waals surface area contributed by atoms with Crippen molar-refractivity contribution in [2.24, 2.45) is 0 Å². The molecule has 0 radical (unpaired) electrons. The van der Waals surface area contributed by atoms with E-state index in [0.29, 0.717) is 0 Å². The Hall–Kier alpha value is -8.40. The maximum atomic E-state index is 2.45. The average Bonchev–Trinajstić information content (AvgIpc) is 3.62. The van der Waals surface area contributed by atoms with Gasteiger partial charge in [-0.1, -0.05) is 178 Å². The molecule has 0 amide bonds. The number of fused-ring (bicyclic) bond motifs is 3. The third kappa shape index (κ3) is 7.85. The van der Waals surface area contributed by atoms with Crippen molar-refractivity contribution in [1.82, 2.24) is 0 Å². The van der Waals surface area contributed by atoms with E-state index in [1.165, 1.54) is 50.1 Å². The van der Waals surface area contributed by atoms with Crippen molar-refractivity contribution in [1.29, 1.82) is 0 Å². The highest BCUT2D eigenvalue weighted by atomic mass is 15.2. The van der Waals surface area contributed by atoms with Gasteiger partial charge in [0, 0.05) is 39.5 Å². The van der Waals surface area contributed by atoms with Crippen molar-refractivity contribution in [3.05, 3.63) is 271 Å². The van der Waals surface area contributed by atoms with Gasteiger partial charge in [-0.3, -0.25) is 0 Å². The van der Waals surface area contributed by atoms with Crippen molar-refractivity contribution in [3.63, 3.8) is 0 Å². The first-order chi connectivity index (χ1) is 32.9. The Morgan fingerprint density at radius 1 is 0.269 bits per heavy atom. The van der Waals surface area contributed by atoms with E-state index in [-0.39, 0.29) is 5.41 Å². The molecule has 0 spiro atoms. The van der Waals surface area contributed by atoms with Crippen molar-refractivity contribution >= 4 is 51.2 Å². The van der Waals surface area contributed by atoms with Crippen LogP contribution in [0.3, 0.4) is 0 Å². The Morgan fingerprint density at radius 3 is 1.03 bits per heavy atom. The van der Waals surface area contributed by atoms with Crippen LogP contribution in [0, 0.1) is 6.92 Å². The Labute approximate surface area is 395 Å². The summed E-state index contributed by atoms with van der Waals surface area (Å²) in [6.45, 7) is 6.98. The Balaban J connectivity index is 1.16. The zero-order valence-electron chi connectivity index (χ0n) is 38.1. The molecule has 322 valence electrons. The summed E-state index contributed by atoms with van der Waals surface area (Å²) in [6, 6.07) is 92.3. The minimum absolute atomic E-state index is 0.185. The molecule has 3 nitrogen and oxygen atoms in total. The van der Waals surface area contributed by atoms with E-state index < -0.39 is 0 Å². The maximum absolute atomic E-state index is 2.45. The van der Waals surface area contributed by atoms with Crippen molar-refractivity contribution in [2.75, 3.05) is 14.7 Å². The molecule has 0 N–H and O–H groups in total. The number of nitrogens with zero attached hydrogens (tertiary/aromatic N) is 3. The number of rotatable bonds is 11. The molecule has 0 bridgehead atoms. The molecule has 0 saturated carbocycles. The summed E-state index contributed by atoms with van der Waals surface area (Å²) in [5, 5.41) is 0. The molecule has 1 aliphatic rings. The number of anilines is 9. The molecule has 67 heavy (non-hydrogen) atoms. The van der Waals surface area contributed by atoms with E-state index in [2.05, 4.69) is 290 Å². The van der Waals surface area contributed by atoms with Gasteiger partial charge in [-0.05, 0) is 148 Å². The molecule has 0 fully saturated rings. The molecule has 0 saturated heterocycles. The summed E-state index contributed by atoms with van der Waals surface area (Å²) in [7, 11) is 0. The normalized spacial score (nSPS) is 12.2. The van der Waals surface area contributed by atoms with Crippen LogP contribution in [-0.2, 0) is 5.41 Å². The second kappa shape index (κ2) is 17.5. The highest BCUT2D eigenvalue weighted by Gasteiger charge is 2.37. The second-order valence-electron chi connectivity index (χ2n) is 17.9. The Bertz CT molecular complexity index is 3250. The summed E-state index contributed by atoms with van der Waals surface area (Å²) >= 11 is 0. The zero-order valence-corrected chi connectivity index (χ0v) is 38.1. The van der Waals surface area contributed by atoms with Crippen LogP contribution in [0.5, 0.6) is 0 Å². The van der Waals surface area contributed by atoms with Crippen molar-refractivity contribution in [2.45, 2.75) is 26.2 Å². The van der Waals surface area contributed by atoms with Crippen LogP contribution in [0.15, 0.2) is 255 Å². The molecule has 10 aromatic rings. The summed E-state index contributed by atoms with van der Waals surface area (Å²) in [4.78, 5) is 7.21. The molecular formula is C64H51N3. The van der Waals surface area contributed by atoms with E-state index in [1.807, 2.05) is 0 Å². The van der Waals surface area contributed by atoms with Gasteiger partial charge in [0.2, 0.25) is 0 Å². The molecule has 11 rings (SSSR count). The topological polar surface area (TPSA) is 9.72 Å². The molecule has 10 aromatic carbocycles. The van der Waals surface area contributed by atoms with Gasteiger partial charge in [-0.2, -0.15) is 0 Å². The summed E-state index contributed by atoms with van der Waals surface area (Å²) in [5.41, 5.74) is 20.7. The average molecular weight is 862 g/mol. The first-order valence-electron chi connectivity index (χ1n) is 23.2. The lowest BCUT2D eigenvalue weighted by Gasteiger charge is -2.33. The van der Waals surface area contributed by atoms with E-state index in [0.717, 1.165) is 51.2 Å². The van der Waals surface area contributed by atoms with Gasteiger partial charge in [0.15, 0.2) is 0 Å². The summed E-state index contributed by atoms with van der Waals surface area (Å²) in [5.74, 6) is 0. The van der Waals surface area contributed by atoms with Crippen molar-refractivity contribution in [3.8, 4) is 33.4 Å².